The molecular weight excluding hydrogens is 302 g/mol. The number of hydrogen-bond donors (Lipinski definition) is 2. The van der Waals surface area contributed by atoms with Gasteiger partial charge in [0.1, 0.15) is 11.3 Å². The molecule has 4 aromatic rings. The number of phenols is 1. The fraction of sp³-hybridized carbons (Fsp3) is 0.0500. The highest BCUT2D eigenvalue weighted by Gasteiger charge is 2.14. The lowest BCUT2D eigenvalue weighted by molar-refractivity contribution is -0.115. The summed E-state index contributed by atoms with van der Waals surface area (Å²) in [5.74, 6) is -0.152. The van der Waals surface area contributed by atoms with Crippen LogP contribution in [0, 0.1) is 0 Å². The van der Waals surface area contributed by atoms with E-state index in [0.29, 0.717) is 5.69 Å². The van der Waals surface area contributed by atoms with Crippen LogP contribution in [0.5, 0.6) is 5.75 Å². The number of benzene rings is 3. The van der Waals surface area contributed by atoms with Crippen molar-refractivity contribution < 1.29 is 14.3 Å². The smallest absolute Gasteiger partial charge is 0.229 e. The largest absolute Gasteiger partial charge is 0.506 e. The Morgan fingerprint density at radius 3 is 2.67 bits per heavy atom. The van der Waals surface area contributed by atoms with Crippen LogP contribution in [0.4, 0.5) is 5.69 Å². The van der Waals surface area contributed by atoms with Crippen LogP contribution in [0.3, 0.4) is 0 Å². The van der Waals surface area contributed by atoms with Gasteiger partial charge in [0.05, 0.1) is 18.4 Å². The average Bonchev–Trinajstić information content (AvgIpc) is 3.00. The second-order valence-corrected chi connectivity index (χ2v) is 5.66. The second kappa shape index (κ2) is 5.74. The number of anilines is 1. The van der Waals surface area contributed by atoms with Gasteiger partial charge in [-0.3, -0.25) is 4.79 Å². The number of rotatable bonds is 3. The minimum Gasteiger partial charge on any atom is -0.506 e. The molecule has 0 saturated heterocycles. The van der Waals surface area contributed by atoms with Gasteiger partial charge in [-0.25, -0.2) is 0 Å². The van der Waals surface area contributed by atoms with E-state index in [1.165, 1.54) is 6.07 Å². The Balaban J connectivity index is 1.68. The van der Waals surface area contributed by atoms with Crippen molar-refractivity contribution in [2.24, 2.45) is 0 Å². The molecule has 0 aliphatic rings. The van der Waals surface area contributed by atoms with E-state index >= 15 is 0 Å². The summed E-state index contributed by atoms with van der Waals surface area (Å²) >= 11 is 0. The first kappa shape index (κ1) is 14.3. The molecule has 4 rings (SSSR count). The molecule has 0 aliphatic heterocycles. The Bertz CT molecular complexity index is 1050. The monoisotopic (exact) mass is 317 g/mol. The first-order valence-electron chi connectivity index (χ1n) is 7.68. The lowest BCUT2D eigenvalue weighted by atomic mass is 10.0. The van der Waals surface area contributed by atoms with Gasteiger partial charge in [-0.2, -0.15) is 0 Å². The Morgan fingerprint density at radius 1 is 1.00 bits per heavy atom. The summed E-state index contributed by atoms with van der Waals surface area (Å²) in [6.45, 7) is 0. The van der Waals surface area contributed by atoms with Crippen molar-refractivity contribution in [3.05, 3.63) is 72.5 Å². The third-order valence-corrected chi connectivity index (χ3v) is 4.07. The van der Waals surface area contributed by atoms with E-state index in [4.69, 9.17) is 4.42 Å². The SMILES string of the molecule is O=C(Cc1coc2ccc3ccccc3c12)Nc1ccccc1O. The van der Waals surface area contributed by atoms with Crippen molar-refractivity contribution in [3.8, 4) is 5.75 Å². The summed E-state index contributed by atoms with van der Waals surface area (Å²) in [6.07, 6.45) is 1.80. The number of amides is 1. The molecule has 0 bridgehead atoms. The Hall–Kier alpha value is -3.27. The van der Waals surface area contributed by atoms with Crippen LogP contribution in [0.1, 0.15) is 5.56 Å². The summed E-state index contributed by atoms with van der Waals surface area (Å²) in [4.78, 5) is 12.3. The first-order chi connectivity index (χ1) is 11.7. The third kappa shape index (κ3) is 2.48. The number of carbonyl (C=O) groups is 1. The Kier molecular flexibility index (Phi) is 3.43. The summed E-state index contributed by atoms with van der Waals surface area (Å²) in [6, 6.07) is 18.6. The van der Waals surface area contributed by atoms with E-state index < -0.39 is 0 Å². The van der Waals surface area contributed by atoms with Gasteiger partial charge in [-0.15, -0.1) is 0 Å². The van der Waals surface area contributed by atoms with Crippen LogP contribution in [0.25, 0.3) is 21.7 Å². The molecule has 24 heavy (non-hydrogen) atoms. The number of furan rings is 1. The topological polar surface area (TPSA) is 62.5 Å². The molecule has 0 fully saturated rings. The third-order valence-electron chi connectivity index (χ3n) is 4.07. The van der Waals surface area contributed by atoms with Crippen molar-refractivity contribution >= 4 is 33.3 Å². The maximum atomic E-state index is 12.3. The zero-order valence-electron chi connectivity index (χ0n) is 12.8. The highest BCUT2D eigenvalue weighted by Crippen LogP contribution is 2.30. The fourth-order valence-electron chi connectivity index (χ4n) is 2.95. The van der Waals surface area contributed by atoms with Gasteiger partial charge < -0.3 is 14.8 Å². The average molecular weight is 317 g/mol. The van der Waals surface area contributed by atoms with Gasteiger partial charge in [0.25, 0.3) is 0 Å². The lowest BCUT2D eigenvalue weighted by Crippen LogP contribution is -2.14. The molecule has 3 aromatic carbocycles. The molecular formula is C20H15NO3. The van der Waals surface area contributed by atoms with Crippen LogP contribution in [0.2, 0.25) is 0 Å². The van der Waals surface area contributed by atoms with Crippen molar-refractivity contribution in [3.63, 3.8) is 0 Å². The van der Waals surface area contributed by atoms with Gasteiger partial charge in [0, 0.05) is 10.9 Å². The van der Waals surface area contributed by atoms with E-state index in [1.807, 2.05) is 36.4 Å². The second-order valence-electron chi connectivity index (χ2n) is 5.66. The van der Waals surface area contributed by atoms with Gasteiger partial charge in [0.15, 0.2) is 0 Å². The molecule has 4 nitrogen and oxygen atoms in total. The van der Waals surface area contributed by atoms with E-state index in [-0.39, 0.29) is 18.1 Å². The number of phenolic OH excluding ortho intramolecular Hbond substituents is 1. The maximum absolute atomic E-state index is 12.3. The van der Waals surface area contributed by atoms with E-state index in [1.54, 1.807) is 24.5 Å². The molecule has 0 saturated carbocycles. The van der Waals surface area contributed by atoms with Crippen LogP contribution in [-0.2, 0) is 11.2 Å². The summed E-state index contributed by atoms with van der Waals surface area (Å²) in [7, 11) is 0. The molecule has 0 spiro atoms. The standard InChI is InChI=1S/C20H15NO3/c22-17-8-4-3-7-16(17)21-19(23)11-14-12-24-18-10-9-13-5-1-2-6-15(13)20(14)18/h1-10,12,22H,11H2,(H,21,23). The minimum atomic E-state index is -0.202. The van der Waals surface area contributed by atoms with Gasteiger partial charge in [-0.1, -0.05) is 42.5 Å². The Morgan fingerprint density at radius 2 is 1.79 bits per heavy atom. The first-order valence-corrected chi connectivity index (χ1v) is 7.68. The van der Waals surface area contributed by atoms with E-state index in [9.17, 15) is 9.90 Å². The van der Waals surface area contributed by atoms with Crippen LogP contribution >= 0.6 is 0 Å². The number of carbonyl (C=O) groups excluding carboxylic acids is 1. The minimum absolute atomic E-state index is 0.0494. The quantitative estimate of drug-likeness (QED) is 0.548. The molecule has 1 heterocycles. The van der Waals surface area contributed by atoms with E-state index in [0.717, 1.165) is 27.3 Å². The Labute approximate surface area is 138 Å². The van der Waals surface area contributed by atoms with Crippen LogP contribution in [-0.4, -0.2) is 11.0 Å². The van der Waals surface area contributed by atoms with Gasteiger partial charge in [-0.05, 0) is 29.0 Å². The van der Waals surface area contributed by atoms with Crippen molar-refractivity contribution in [1.29, 1.82) is 0 Å². The van der Waals surface area contributed by atoms with Crippen molar-refractivity contribution in [2.75, 3.05) is 5.32 Å². The number of hydrogen-bond acceptors (Lipinski definition) is 3. The van der Waals surface area contributed by atoms with Crippen molar-refractivity contribution in [1.82, 2.24) is 0 Å². The van der Waals surface area contributed by atoms with Crippen LogP contribution in [0.15, 0.2) is 71.3 Å². The zero-order valence-corrected chi connectivity index (χ0v) is 12.8. The molecule has 0 radical (unpaired) electrons. The molecule has 1 amide bonds. The molecule has 1 aromatic heterocycles. The summed E-state index contributed by atoms with van der Waals surface area (Å²) in [5.41, 5.74) is 1.99. The predicted octanol–water partition coefficient (Wildman–Crippen LogP) is 4.47. The predicted molar refractivity (Wildman–Crippen MR) is 94.2 cm³/mol. The normalized spacial score (nSPS) is 11.0. The molecule has 0 atom stereocenters. The summed E-state index contributed by atoms with van der Waals surface area (Å²) in [5, 5.41) is 15.6. The number of para-hydroxylation sites is 2. The van der Waals surface area contributed by atoms with Crippen LogP contribution < -0.4 is 5.32 Å². The van der Waals surface area contributed by atoms with Crippen molar-refractivity contribution in [2.45, 2.75) is 6.42 Å². The molecule has 4 heteroatoms. The number of nitrogens with one attached hydrogen (secondary N) is 1. The molecule has 2 N–H and O–H groups in total. The summed E-state index contributed by atoms with van der Waals surface area (Å²) < 4.78 is 5.60. The van der Waals surface area contributed by atoms with Gasteiger partial charge >= 0.3 is 0 Å². The number of aromatic hydroxyl groups is 1. The fourth-order valence-corrected chi connectivity index (χ4v) is 2.95. The highest BCUT2D eigenvalue weighted by atomic mass is 16.3. The molecule has 118 valence electrons. The lowest BCUT2D eigenvalue weighted by Gasteiger charge is -2.07. The maximum Gasteiger partial charge on any atom is 0.229 e. The molecule has 0 aliphatic carbocycles. The zero-order chi connectivity index (χ0) is 16.5. The molecule has 0 unspecified atom stereocenters. The number of fused-ring (bicyclic) bond motifs is 3. The van der Waals surface area contributed by atoms with E-state index in [2.05, 4.69) is 5.32 Å². The highest BCUT2D eigenvalue weighted by molar-refractivity contribution is 6.09. The van der Waals surface area contributed by atoms with Gasteiger partial charge in [0.2, 0.25) is 5.91 Å².